The van der Waals surface area contributed by atoms with E-state index in [1.165, 1.54) is 11.8 Å². The minimum atomic E-state index is -0.414. The first-order valence-electron chi connectivity index (χ1n) is 10.1. The topological polar surface area (TPSA) is 71.8 Å². The second kappa shape index (κ2) is 8.28. The van der Waals surface area contributed by atoms with Gasteiger partial charge in [-0.1, -0.05) is 84.6 Å². The highest BCUT2D eigenvalue weighted by molar-refractivity contribution is 8.00. The van der Waals surface area contributed by atoms with E-state index >= 15 is 0 Å². The summed E-state index contributed by atoms with van der Waals surface area (Å²) in [5, 5.41) is 12.0. The van der Waals surface area contributed by atoms with Crippen molar-refractivity contribution in [2.45, 2.75) is 23.4 Å². The Hall–Kier alpha value is -3.58. The number of rotatable bonds is 4. The van der Waals surface area contributed by atoms with E-state index in [0.717, 1.165) is 28.2 Å². The van der Waals surface area contributed by atoms with Crippen LogP contribution in [0.5, 0.6) is 0 Å². The van der Waals surface area contributed by atoms with Crippen molar-refractivity contribution in [3.05, 3.63) is 96.1 Å². The van der Waals surface area contributed by atoms with Gasteiger partial charge in [0.1, 0.15) is 5.25 Å². The minimum absolute atomic E-state index is 0.0764. The van der Waals surface area contributed by atoms with Crippen LogP contribution < -0.4 is 10.7 Å². The molecule has 0 radical (unpaired) electrons. The predicted octanol–water partition coefficient (Wildman–Crippen LogP) is 4.65. The summed E-state index contributed by atoms with van der Waals surface area (Å²) in [7, 11) is 0. The molecule has 0 fully saturated rings. The molecule has 2 heterocycles. The number of aryl methyl sites for hydroxylation is 1. The summed E-state index contributed by atoms with van der Waals surface area (Å²) in [5.74, 6) is 0.647. The van der Waals surface area contributed by atoms with E-state index < -0.39 is 5.25 Å². The lowest BCUT2D eigenvalue weighted by molar-refractivity contribution is -0.116. The van der Waals surface area contributed by atoms with Crippen molar-refractivity contribution in [1.82, 2.24) is 14.9 Å². The molecular formula is C24H21N5OS. The fraction of sp³-hybridized carbons (Fsp3) is 0.125. The van der Waals surface area contributed by atoms with Crippen molar-refractivity contribution in [3.8, 4) is 11.4 Å². The van der Waals surface area contributed by atoms with Gasteiger partial charge in [0, 0.05) is 11.3 Å². The van der Waals surface area contributed by atoms with Gasteiger partial charge >= 0.3 is 0 Å². The van der Waals surface area contributed by atoms with Gasteiger partial charge in [0.05, 0.1) is 6.04 Å². The number of benzene rings is 3. The number of hydrogen-bond donors (Lipinski definition) is 2. The van der Waals surface area contributed by atoms with Gasteiger partial charge < -0.3 is 10.7 Å². The number of carbonyl (C=O) groups is 1. The quantitative estimate of drug-likeness (QED) is 0.496. The van der Waals surface area contributed by atoms with Crippen molar-refractivity contribution in [2.75, 3.05) is 10.7 Å². The molecule has 1 amide bonds. The molecule has 2 atom stereocenters. The Balaban J connectivity index is 1.50. The lowest BCUT2D eigenvalue weighted by atomic mass is 10.0. The summed E-state index contributed by atoms with van der Waals surface area (Å²) < 4.78 is 1.88. The number of carbonyl (C=O) groups excluding carboxylic acids is 1. The van der Waals surface area contributed by atoms with Crippen LogP contribution in [0, 0.1) is 6.92 Å². The van der Waals surface area contributed by atoms with E-state index in [1.807, 2.05) is 96.5 Å². The number of aromatic nitrogens is 3. The molecule has 6 nitrogen and oxygen atoms in total. The van der Waals surface area contributed by atoms with Gasteiger partial charge in [0.15, 0.2) is 5.82 Å². The smallest absolute Gasteiger partial charge is 0.240 e. The highest BCUT2D eigenvalue weighted by Gasteiger charge is 2.38. The lowest BCUT2D eigenvalue weighted by Gasteiger charge is -2.33. The summed E-state index contributed by atoms with van der Waals surface area (Å²) in [5.41, 5.74) is 7.37. The molecule has 1 aromatic heterocycles. The Morgan fingerprint density at radius 1 is 0.968 bits per heavy atom. The molecule has 0 saturated heterocycles. The van der Waals surface area contributed by atoms with Crippen LogP contribution >= 0.6 is 11.8 Å². The molecule has 1 aliphatic heterocycles. The van der Waals surface area contributed by atoms with E-state index in [0.29, 0.717) is 5.16 Å². The number of hydrogen-bond acceptors (Lipinski definition) is 5. The van der Waals surface area contributed by atoms with Gasteiger partial charge in [-0.25, -0.2) is 4.68 Å². The largest absolute Gasteiger partial charge is 0.325 e. The lowest BCUT2D eigenvalue weighted by Crippen LogP contribution is -2.41. The van der Waals surface area contributed by atoms with Crippen molar-refractivity contribution >= 4 is 23.4 Å². The number of amides is 1. The van der Waals surface area contributed by atoms with Crippen LogP contribution in [-0.2, 0) is 4.79 Å². The third-order valence-electron chi connectivity index (χ3n) is 5.17. The van der Waals surface area contributed by atoms with Crippen LogP contribution in [0.2, 0.25) is 0 Å². The Morgan fingerprint density at radius 2 is 1.71 bits per heavy atom. The van der Waals surface area contributed by atoms with E-state index in [2.05, 4.69) is 20.9 Å². The average Bonchev–Trinajstić information content (AvgIpc) is 3.22. The van der Waals surface area contributed by atoms with Gasteiger partial charge in [-0.05, 0) is 30.2 Å². The second-order valence-electron chi connectivity index (χ2n) is 7.42. The molecule has 7 heteroatoms. The molecule has 154 valence electrons. The maximum absolute atomic E-state index is 13.3. The van der Waals surface area contributed by atoms with Crippen molar-refractivity contribution < 1.29 is 4.79 Å². The number of fused-ring (bicyclic) bond motifs is 1. The Kier molecular flexibility index (Phi) is 5.18. The van der Waals surface area contributed by atoms with Gasteiger partial charge in [-0.3, -0.25) is 4.79 Å². The van der Waals surface area contributed by atoms with Crippen LogP contribution in [-0.4, -0.2) is 26.0 Å². The van der Waals surface area contributed by atoms with Crippen LogP contribution in [0.1, 0.15) is 17.2 Å². The van der Waals surface area contributed by atoms with Gasteiger partial charge in [0.2, 0.25) is 11.1 Å². The molecule has 0 bridgehead atoms. The maximum atomic E-state index is 13.3. The van der Waals surface area contributed by atoms with E-state index in [1.54, 1.807) is 0 Å². The minimum Gasteiger partial charge on any atom is -0.325 e. The van der Waals surface area contributed by atoms with Gasteiger partial charge in [0.25, 0.3) is 0 Å². The first-order valence-corrected chi connectivity index (χ1v) is 10.9. The monoisotopic (exact) mass is 427 g/mol. The first kappa shape index (κ1) is 19.4. The Morgan fingerprint density at radius 3 is 2.45 bits per heavy atom. The van der Waals surface area contributed by atoms with Crippen LogP contribution in [0.3, 0.4) is 0 Å². The fourth-order valence-corrected chi connectivity index (χ4v) is 4.76. The summed E-state index contributed by atoms with van der Waals surface area (Å²) >= 11 is 1.42. The predicted molar refractivity (Wildman–Crippen MR) is 123 cm³/mol. The first-order chi connectivity index (χ1) is 15.2. The second-order valence-corrected chi connectivity index (χ2v) is 8.53. The maximum Gasteiger partial charge on any atom is 0.240 e. The molecule has 1 aliphatic rings. The summed E-state index contributed by atoms with van der Waals surface area (Å²) in [6.07, 6.45) is 0. The number of thioether (sulfide) groups is 1. The molecule has 0 aliphatic carbocycles. The highest BCUT2D eigenvalue weighted by Crippen LogP contribution is 2.38. The van der Waals surface area contributed by atoms with Crippen molar-refractivity contribution in [3.63, 3.8) is 0 Å². The molecule has 0 saturated carbocycles. The van der Waals surface area contributed by atoms with Crippen molar-refractivity contribution in [2.24, 2.45) is 0 Å². The van der Waals surface area contributed by atoms with Gasteiger partial charge in [-0.15, -0.1) is 10.2 Å². The van der Waals surface area contributed by atoms with Crippen LogP contribution in [0.25, 0.3) is 11.4 Å². The number of nitrogens with zero attached hydrogens (tertiary/aromatic N) is 3. The molecule has 5 rings (SSSR count). The van der Waals surface area contributed by atoms with Crippen LogP contribution in [0.15, 0.2) is 90.1 Å². The average molecular weight is 428 g/mol. The molecule has 3 aromatic carbocycles. The molecule has 0 spiro atoms. The summed E-state index contributed by atoms with van der Waals surface area (Å²) in [6.45, 7) is 2.01. The van der Waals surface area contributed by atoms with Crippen molar-refractivity contribution in [1.29, 1.82) is 0 Å². The summed E-state index contributed by atoms with van der Waals surface area (Å²) in [4.78, 5) is 13.3. The third kappa shape index (κ3) is 3.92. The molecule has 0 unspecified atom stereocenters. The number of nitrogens with one attached hydrogen (secondary N) is 2. The van der Waals surface area contributed by atoms with E-state index in [4.69, 9.17) is 0 Å². The van der Waals surface area contributed by atoms with Gasteiger partial charge in [-0.2, -0.15) is 0 Å². The highest BCUT2D eigenvalue weighted by atomic mass is 32.2. The number of anilines is 1. The zero-order chi connectivity index (χ0) is 21.2. The van der Waals surface area contributed by atoms with E-state index in [-0.39, 0.29) is 11.9 Å². The Labute approximate surface area is 184 Å². The third-order valence-corrected chi connectivity index (χ3v) is 6.39. The van der Waals surface area contributed by atoms with E-state index in [9.17, 15) is 4.79 Å². The standard InChI is InChI=1S/C24H21N5OS/c1-16-9-8-14-19(15-16)25-23(30)21-20(17-10-4-2-5-11-17)28-29-22(26-27-24(29)31-21)18-12-6-3-7-13-18/h2-15,20-21,28H,1H3,(H,25,30)/t20-,21+/m0/s1. The van der Waals surface area contributed by atoms with Crippen LogP contribution in [0.4, 0.5) is 5.69 Å². The SMILES string of the molecule is Cc1cccc(NC(=O)[C@@H]2Sc3nnc(-c4ccccc4)n3N[C@H]2c2ccccc2)c1. The zero-order valence-electron chi connectivity index (χ0n) is 16.9. The fourth-order valence-electron chi connectivity index (χ4n) is 3.68. The molecule has 2 N–H and O–H groups in total. The Bertz CT molecular complexity index is 1210. The normalized spacial score (nSPS) is 17.5. The molecule has 31 heavy (non-hydrogen) atoms. The zero-order valence-corrected chi connectivity index (χ0v) is 17.7. The summed E-state index contributed by atoms with van der Waals surface area (Å²) in [6, 6.07) is 27.5. The molecule has 4 aromatic rings. The molecular weight excluding hydrogens is 406 g/mol.